The normalized spacial score (nSPS) is 11.4. The van der Waals surface area contributed by atoms with Crippen LogP contribution in [0.15, 0.2) is 24.3 Å². The number of rotatable bonds is 7. The minimum Gasteiger partial charge on any atom is -0.484 e. The van der Waals surface area contributed by atoms with Gasteiger partial charge in [-0.25, -0.2) is 4.79 Å². The highest BCUT2D eigenvalue weighted by Gasteiger charge is 2.22. The van der Waals surface area contributed by atoms with E-state index in [1.807, 2.05) is 0 Å². The van der Waals surface area contributed by atoms with Gasteiger partial charge in [-0.2, -0.15) is 0 Å². The minimum atomic E-state index is -1.37. The number of nitrogens with one attached hydrogen (secondary N) is 1. The van der Waals surface area contributed by atoms with Crippen molar-refractivity contribution in [2.24, 2.45) is 5.73 Å². The Morgan fingerprint density at radius 1 is 1.30 bits per heavy atom. The van der Waals surface area contributed by atoms with E-state index in [0.29, 0.717) is 10.8 Å². The maximum atomic E-state index is 11.5. The first-order chi connectivity index (χ1) is 9.38. The number of aliphatic carboxylic acids is 1. The van der Waals surface area contributed by atoms with Gasteiger partial charge in [0.1, 0.15) is 11.8 Å². The summed E-state index contributed by atoms with van der Waals surface area (Å²) in [6, 6.07) is 4.93. The summed E-state index contributed by atoms with van der Waals surface area (Å²) in [5.41, 5.74) is 4.89. The molecular weight excluding hydrogens is 288 g/mol. The molecule has 0 radical (unpaired) electrons. The number of carbonyl (C=O) groups excluding carboxylic acids is 2. The third-order valence-corrected chi connectivity index (χ3v) is 2.47. The lowest BCUT2D eigenvalue weighted by molar-refractivity contribution is -0.143. The molecule has 0 aliphatic carbocycles. The molecule has 2 amide bonds. The van der Waals surface area contributed by atoms with Gasteiger partial charge in [0.15, 0.2) is 6.61 Å². The Hall–Kier alpha value is -2.28. The number of primary amides is 1. The Bertz CT molecular complexity index is 503. The molecule has 0 heterocycles. The largest absolute Gasteiger partial charge is 0.484 e. The van der Waals surface area contributed by atoms with E-state index in [4.69, 9.17) is 27.2 Å². The molecular formula is C12H13ClN2O5. The second kappa shape index (κ2) is 7.34. The number of hydrogen-bond donors (Lipinski definition) is 3. The second-order valence-corrected chi connectivity index (χ2v) is 4.31. The van der Waals surface area contributed by atoms with Gasteiger partial charge in [-0.15, -0.1) is 0 Å². The number of benzene rings is 1. The van der Waals surface area contributed by atoms with E-state index >= 15 is 0 Å². The lowest BCUT2D eigenvalue weighted by atomic mass is 10.2. The van der Waals surface area contributed by atoms with Crippen molar-refractivity contribution in [3.05, 3.63) is 29.3 Å². The van der Waals surface area contributed by atoms with E-state index in [2.05, 4.69) is 5.32 Å². The van der Waals surface area contributed by atoms with Crippen LogP contribution in [0.4, 0.5) is 0 Å². The molecule has 0 saturated carbocycles. The number of halogens is 1. The average molecular weight is 301 g/mol. The second-order valence-electron chi connectivity index (χ2n) is 3.87. The highest BCUT2D eigenvalue weighted by Crippen LogP contribution is 2.15. The summed E-state index contributed by atoms with van der Waals surface area (Å²) in [4.78, 5) is 33.0. The van der Waals surface area contributed by atoms with Crippen molar-refractivity contribution in [1.82, 2.24) is 5.32 Å². The van der Waals surface area contributed by atoms with Crippen LogP contribution in [0, 0.1) is 0 Å². The Morgan fingerprint density at radius 3 is 2.40 bits per heavy atom. The Morgan fingerprint density at radius 2 is 1.90 bits per heavy atom. The fourth-order valence-electron chi connectivity index (χ4n) is 1.32. The molecule has 7 nitrogen and oxygen atoms in total. The summed E-state index contributed by atoms with van der Waals surface area (Å²) in [7, 11) is 0. The van der Waals surface area contributed by atoms with Crippen molar-refractivity contribution in [1.29, 1.82) is 0 Å². The molecule has 0 aromatic heterocycles. The number of hydrogen-bond acceptors (Lipinski definition) is 4. The molecule has 8 heteroatoms. The maximum absolute atomic E-state index is 11.5. The van der Waals surface area contributed by atoms with Gasteiger partial charge in [0.2, 0.25) is 5.91 Å². The van der Waals surface area contributed by atoms with Crippen molar-refractivity contribution >= 4 is 29.4 Å². The quantitative estimate of drug-likeness (QED) is 0.663. The SMILES string of the molecule is NC(=O)C[C@H](NC(=O)COc1ccc(Cl)cc1)C(=O)O. The van der Waals surface area contributed by atoms with E-state index in [1.165, 1.54) is 0 Å². The molecule has 0 aliphatic heterocycles. The summed E-state index contributed by atoms with van der Waals surface area (Å²) in [6.07, 6.45) is -0.484. The predicted octanol–water partition coefficient (Wildman–Crippen LogP) is 0.164. The predicted molar refractivity (Wildman–Crippen MR) is 70.3 cm³/mol. The van der Waals surface area contributed by atoms with Gasteiger partial charge in [-0.05, 0) is 24.3 Å². The molecule has 0 spiro atoms. The molecule has 4 N–H and O–H groups in total. The topological polar surface area (TPSA) is 119 Å². The summed E-state index contributed by atoms with van der Waals surface area (Å²) in [6.45, 7) is -0.385. The zero-order chi connectivity index (χ0) is 15.1. The highest BCUT2D eigenvalue weighted by atomic mass is 35.5. The fraction of sp³-hybridized carbons (Fsp3) is 0.250. The summed E-state index contributed by atoms with van der Waals surface area (Å²) in [5, 5.41) is 11.5. The van der Waals surface area contributed by atoms with E-state index < -0.39 is 30.2 Å². The van der Waals surface area contributed by atoms with Crippen LogP contribution in [0.25, 0.3) is 0 Å². The molecule has 0 fully saturated rings. The monoisotopic (exact) mass is 300 g/mol. The standard InChI is InChI=1S/C12H13ClN2O5/c13-7-1-3-8(4-2-7)20-6-11(17)15-9(12(18)19)5-10(14)16/h1-4,9H,5-6H2,(H2,14,16)(H,15,17)(H,18,19)/t9-/m0/s1. The van der Waals surface area contributed by atoms with Gasteiger partial charge in [0.25, 0.3) is 5.91 Å². The molecule has 0 bridgehead atoms. The summed E-state index contributed by atoms with van der Waals surface area (Å²) < 4.78 is 5.13. The highest BCUT2D eigenvalue weighted by molar-refractivity contribution is 6.30. The van der Waals surface area contributed by atoms with Crippen molar-refractivity contribution in [3.8, 4) is 5.75 Å². The smallest absolute Gasteiger partial charge is 0.326 e. The van der Waals surface area contributed by atoms with Crippen molar-refractivity contribution in [2.75, 3.05) is 6.61 Å². The fourth-order valence-corrected chi connectivity index (χ4v) is 1.44. The summed E-state index contributed by atoms with van der Waals surface area (Å²) >= 11 is 5.68. The first-order valence-electron chi connectivity index (χ1n) is 5.57. The van der Waals surface area contributed by atoms with Gasteiger partial charge >= 0.3 is 5.97 Å². The molecule has 1 aromatic carbocycles. The molecule has 0 unspecified atom stereocenters. The Balaban J connectivity index is 2.47. The van der Waals surface area contributed by atoms with Crippen molar-refractivity contribution < 1.29 is 24.2 Å². The summed E-state index contributed by atoms with van der Waals surface area (Å²) in [5.74, 6) is -2.43. The van der Waals surface area contributed by atoms with Crippen LogP contribution in [0.1, 0.15) is 6.42 Å². The Kier molecular flexibility index (Phi) is 5.79. The molecule has 20 heavy (non-hydrogen) atoms. The van der Waals surface area contributed by atoms with Crippen LogP contribution in [-0.4, -0.2) is 35.5 Å². The van der Waals surface area contributed by atoms with E-state index in [1.54, 1.807) is 24.3 Å². The van der Waals surface area contributed by atoms with Gasteiger partial charge in [-0.3, -0.25) is 9.59 Å². The molecule has 0 aliphatic rings. The maximum Gasteiger partial charge on any atom is 0.326 e. The van der Waals surface area contributed by atoms with E-state index in [9.17, 15) is 14.4 Å². The first kappa shape index (κ1) is 15.8. The van der Waals surface area contributed by atoms with Gasteiger partial charge in [0, 0.05) is 5.02 Å². The average Bonchev–Trinajstić information content (AvgIpc) is 2.36. The number of amides is 2. The Labute approximate surface area is 119 Å². The molecule has 1 aromatic rings. The van der Waals surface area contributed by atoms with Gasteiger partial charge in [0.05, 0.1) is 6.42 Å². The van der Waals surface area contributed by atoms with Crippen molar-refractivity contribution in [2.45, 2.75) is 12.5 Å². The van der Waals surface area contributed by atoms with E-state index in [-0.39, 0.29) is 6.61 Å². The molecule has 0 saturated heterocycles. The molecule has 1 atom stereocenters. The van der Waals surface area contributed by atoms with Crippen LogP contribution in [0.3, 0.4) is 0 Å². The number of carboxylic acids is 1. The van der Waals surface area contributed by atoms with Crippen LogP contribution < -0.4 is 15.8 Å². The van der Waals surface area contributed by atoms with Gasteiger partial charge < -0.3 is 20.9 Å². The zero-order valence-electron chi connectivity index (χ0n) is 10.3. The zero-order valence-corrected chi connectivity index (χ0v) is 11.1. The molecule has 108 valence electrons. The van der Waals surface area contributed by atoms with Crippen LogP contribution in [0.2, 0.25) is 5.02 Å². The van der Waals surface area contributed by atoms with E-state index in [0.717, 1.165) is 0 Å². The van der Waals surface area contributed by atoms with Crippen LogP contribution >= 0.6 is 11.6 Å². The lowest BCUT2D eigenvalue weighted by Crippen LogP contribution is -2.45. The van der Waals surface area contributed by atoms with Crippen LogP contribution in [0.5, 0.6) is 5.75 Å². The van der Waals surface area contributed by atoms with Gasteiger partial charge in [-0.1, -0.05) is 11.6 Å². The first-order valence-corrected chi connectivity index (χ1v) is 5.95. The minimum absolute atomic E-state index is 0.385. The lowest BCUT2D eigenvalue weighted by Gasteiger charge is -2.13. The third kappa shape index (κ3) is 5.57. The van der Waals surface area contributed by atoms with Crippen molar-refractivity contribution in [3.63, 3.8) is 0 Å². The number of carbonyl (C=O) groups is 3. The number of nitrogens with two attached hydrogens (primary N) is 1. The van der Waals surface area contributed by atoms with Crippen LogP contribution in [-0.2, 0) is 14.4 Å². The number of ether oxygens (including phenoxy) is 1. The molecule has 1 rings (SSSR count). The third-order valence-electron chi connectivity index (χ3n) is 2.22. The number of carboxylic acid groups (broad SMARTS) is 1.